The Morgan fingerprint density at radius 2 is 1.97 bits per heavy atom. The molecule has 2 aromatic rings. The normalized spacial score (nSPS) is 20.1. The van der Waals surface area contributed by atoms with Crippen LogP contribution in [0.5, 0.6) is 0 Å². The van der Waals surface area contributed by atoms with E-state index in [0.717, 1.165) is 11.8 Å². The maximum atomic E-state index is 13.4. The largest absolute Gasteiger partial charge is 0.417 e. The van der Waals surface area contributed by atoms with Crippen LogP contribution in [0, 0.1) is 36.5 Å². The molecule has 0 radical (unpaired) electrons. The number of aliphatic hydroxyl groups excluding tert-OH is 1. The molecule has 1 N–H and O–H groups in total. The Morgan fingerprint density at radius 3 is 2.50 bits per heavy atom. The molecule has 1 aromatic heterocycles. The number of likely N-dealkylation sites (tertiary alicyclic amines) is 1. The standard InChI is InChI=1S/C24H28F3N5O2/c1-15-21(16(2)30(3)29-15)22(34)32-12-18(13-33)23(14-32)6-8-31(9-7-23)19-5-4-17(11-28)20(10-19)24(25,26)27/h4-5,10,18,33H,6-9,12-14H2,1-3H3. The number of aryl methyl sites for hydroxylation is 2. The van der Waals surface area contributed by atoms with Gasteiger partial charge >= 0.3 is 6.18 Å². The molecule has 4 rings (SSSR count). The average Bonchev–Trinajstić information content (AvgIpc) is 3.28. The van der Waals surface area contributed by atoms with Gasteiger partial charge in [0.25, 0.3) is 5.91 Å². The summed E-state index contributed by atoms with van der Waals surface area (Å²) in [5, 5.41) is 23.5. The summed E-state index contributed by atoms with van der Waals surface area (Å²) in [6.45, 7) is 5.57. The zero-order valence-corrected chi connectivity index (χ0v) is 19.5. The number of benzene rings is 1. The summed E-state index contributed by atoms with van der Waals surface area (Å²) in [5.41, 5.74) is 0.865. The topological polar surface area (TPSA) is 85.4 Å². The molecule has 1 amide bonds. The van der Waals surface area contributed by atoms with Crippen molar-refractivity contribution in [2.75, 3.05) is 37.7 Å². The minimum Gasteiger partial charge on any atom is -0.396 e. The molecule has 1 unspecified atom stereocenters. The van der Waals surface area contributed by atoms with Gasteiger partial charge in [0.1, 0.15) is 0 Å². The number of alkyl halides is 3. The Labute approximate surface area is 196 Å². The number of nitrogens with zero attached hydrogens (tertiary/aromatic N) is 5. The Bertz CT molecular complexity index is 1140. The summed E-state index contributed by atoms with van der Waals surface area (Å²) in [4.78, 5) is 17.0. The minimum absolute atomic E-state index is 0.0517. The number of amides is 1. The molecular weight excluding hydrogens is 447 g/mol. The second-order valence-electron chi connectivity index (χ2n) is 9.42. The second kappa shape index (κ2) is 8.62. The zero-order valence-electron chi connectivity index (χ0n) is 19.5. The number of carbonyl (C=O) groups is 1. The van der Waals surface area contributed by atoms with Gasteiger partial charge in [0.05, 0.1) is 28.5 Å². The molecule has 7 nitrogen and oxygen atoms in total. The molecule has 0 saturated carbocycles. The van der Waals surface area contributed by atoms with Crippen LogP contribution in [0.1, 0.15) is 45.7 Å². The maximum absolute atomic E-state index is 13.4. The molecule has 1 atom stereocenters. The van der Waals surface area contributed by atoms with Crippen LogP contribution in [-0.2, 0) is 13.2 Å². The molecule has 2 saturated heterocycles. The van der Waals surface area contributed by atoms with Gasteiger partial charge in [0, 0.05) is 57.1 Å². The lowest BCUT2D eigenvalue weighted by Gasteiger charge is -2.43. The molecule has 10 heteroatoms. The van der Waals surface area contributed by atoms with Crippen LogP contribution < -0.4 is 4.90 Å². The number of piperidine rings is 1. The van der Waals surface area contributed by atoms with Crippen molar-refractivity contribution in [3.63, 3.8) is 0 Å². The van der Waals surface area contributed by atoms with Gasteiger partial charge < -0.3 is 14.9 Å². The highest BCUT2D eigenvalue weighted by molar-refractivity contribution is 5.96. The fraction of sp³-hybridized carbons (Fsp3) is 0.542. The van der Waals surface area contributed by atoms with E-state index in [0.29, 0.717) is 56.0 Å². The van der Waals surface area contributed by atoms with Gasteiger partial charge in [-0.2, -0.15) is 23.5 Å². The monoisotopic (exact) mass is 475 g/mol. The maximum Gasteiger partial charge on any atom is 0.417 e. The van der Waals surface area contributed by atoms with E-state index in [-0.39, 0.29) is 23.8 Å². The lowest BCUT2D eigenvalue weighted by molar-refractivity contribution is -0.137. The molecule has 182 valence electrons. The number of rotatable bonds is 3. The van der Waals surface area contributed by atoms with Crippen LogP contribution in [0.2, 0.25) is 0 Å². The number of nitriles is 1. The van der Waals surface area contributed by atoms with E-state index >= 15 is 0 Å². The molecule has 1 spiro atoms. The number of halogens is 3. The summed E-state index contributed by atoms with van der Waals surface area (Å²) in [6.07, 6.45) is -3.31. The van der Waals surface area contributed by atoms with Crippen molar-refractivity contribution in [1.82, 2.24) is 14.7 Å². The van der Waals surface area contributed by atoms with E-state index in [1.54, 1.807) is 35.7 Å². The number of aliphatic hydroxyl groups is 1. The predicted molar refractivity (Wildman–Crippen MR) is 119 cm³/mol. The third-order valence-electron chi connectivity index (χ3n) is 7.60. The van der Waals surface area contributed by atoms with Gasteiger partial charge in [-0.15, -0.1) is 0 Å². The van der Waals surface area contributed by atoms with Gasteiger partial charge in [0.15, 0.2) is 0 Å². The fourth-order valence-corrected chi connectivity index (χ4v) is 5.52. The Hall–Kier alpha value is -3.06. The summed E-state index contributed by atoms with van der Waals surface area (Å²) < 4.78 is 41.9. The van der Waals surface area contributed by atoms with Crippen LogP contribution in [0.4, 0.5) is 18.9 Å². The molecule has 3 heterocycles. The van der Waals surface area contributed by atoms with E-state index in [2.05, 4.69) is 5.10 Å². The molecule has 2 aliphatic heterocycles. The smallest absolute Gasteiger partial charge is 0.396 e. The summed E-state index contributed by atoms with van der Waals surface area (Å²) >= 11 is 0. The van der Waals surface area contributed by atoms with Crippen molar-refractivity contribution >= 4 is 11.6 Å². The minimum atomic E-state index is -4.60. The van der Waals surface area contributed by atoms with Crippen LogP contribution in [0.25, 0.3) is 0 Å². The van der Waals surface area contributed by atoms with Crippen molar-refractivity contribution in [3.05, 3.63) is 46.3 Å². The van der Waals surface area contributed by atoms with E-state index in [1.807, 2.05) is 11.8 Å². The summed E-state index contributed by atoms with van der Waals surface area (Å²) in [6, 6.07) is 5.42. The highest BCUT2D eigenvalue weighted by Gasteiger charge is 2.49. The molecule has 34 heavy (non-hydrogen) atoms. The molecule has 0 bridgehead atoms. The van der Waals surface area contributed by atoms with Crippen molar-refractivity contribution in [3.8, 4) is 6.07 Å². The SMILES string of the molecule is Cc1nn(C)c(C)c1C(=O)N1CC(CO)C2(CCN(c3ccc(C#N)c(C(F)(F)F)c3)CC2)C1. The molecule has 2 aliphatic rings. The number of hydrogen-bond donors (Lipinski definition) is 1. The van der Waals surface area contributed by atoms with E-state index in [1.165, 1.54) is 6.07 Å². The van der Waals surface area contributed by atoms with Crippen molar-refractivity contribution in [1.29, 1.82) is 5.26 Å². The van der Waals surface area contributed by atoms with Crippen LogP contribution >= 0.6 is 0 Å². The molecule has 1 aromatic carbocycles. The highest BCUT2D eigenvalue weighted by Crippen LogP contribution is 2.46. The predicted octanol–water partition coefficient (Wildman–Crippen LogP) is 3.28. The molecular formula is C24H28F3N5O2. The third kappa shape index (κ3) is 4.02. The summed E-state index contributed by atoms with van der Waals surface area (Å²) in [5.74, 6) is -0.189. The Morgan fingerprint density at radius 1 is 1.29 bits per heavy atom. The van der Waals surface area contributed by atoms with Crippen LogP contribution in [-0.4, -0.2) is 58.5 Å². The van der Waals surface area contributed by atoms with Crippen LogP contribution in [0.3, 0.4) is 0 Å². The first kappa shape index (κ1) is 24.1. The Kier molecular flexibility index (Phi) is 6.10. The number of aromatic nitrogens is 2. The first-order valence-corrected chi connectivity index (χ1v) is 11.3. The quantitative estimate of drug-likeness (QED) is 0.737. The van der Waals surface area contributed by atoms with E-state index in [9.17, 15) is 23.1 Å². The highest BCUT2D eigenvalue weighted by atomic mass is 19.4. The second-order valence-corrected chi connectivity index (χ2v) is 9.42. The van der Waals surface area contributed by atoms with Crippen molar-refractivity contribution in [2.45, 2.75) is 32.9 Å². The van der Waals surface area contributed by atoms with Crippen LogP contribution in [0.15, 0.2) is 18.2 Å². The lowest BCUT2D eigenvalue weighted by atomic mass is 9.71. The van der Waals surface area contributed by atoms with Crippen molar-refractivity contribution in [2.24, 2.45) is 18.4 Å². The van der Waals surface area contributed by atoms with E-state index < -0.39 is 17.3 Å². The first-order chi connectivity index (χ1) is 16.0. The summed E-state index contributed by atoms with van der Waals surface area (Å²) in [7, 11) is 1.80. The van der Waals surface area contributed by atoms with Gasteiger partial charge in [-0.1, -0.05) is 0 Å². The number of hydrogen-bond acceptors (Lipinski definition) is 5. The van der Waals surface area contributed by atoms with Gasteiger partial charge in [-0.3, -0.25) is 9.48 Å². The zero-order chi connectivity index (χ0) is 24.8. The third-order valence-corrected chi connectivity index (χ3v) is 7.60. The molecule has 2 fully saturated rings. The number of anilines is 1. The number of carbonyl (C=O) groups excluding carboxylic acids is 1. The lowest BCUT2D eigenvalue weighted by Crippen LogP contribution is -2.45. The van der Waals surface area contributed by atoms with Gasteiger partial charge in [-0.25, -0.2) is 0 Å². The fourth-order valence-electron chi connectivity index (χ4n) is 5.52. The average molecular weight is 476 g/mol. The van der Waals surface area contributed by atoms with Gasteiger partial charge in [-0.05, 0) is 50.3 Å². The van der Waals surface area contributed by atoms with E-state index in [4.69, 9.17) is 5.26 Å². The van der Waals surface area contributed by atoms with Gasteiger partial charge in [0.2, 0.25) is 0 Å². The molecule has 0 aliphatic carbocycles. The van der Waals surface area contributed by atoms with Crippen molar-refractivity contribution < 1.29 is 23.1 Å². The first-order valence-electron chi connectivity index (χ1n) is 11.3. The Balaban J connectivity index is 1.52.